The van der Waals surface area contributed by atoms with E-state index in [1.54, 1.807) is 16.8 Å². The van der Waals surface area contributed by atoms with Gasteiger partial charge in [-0.05, 0) is 37.9 Å². The zero-order valence-corrected chi connectivity index (χ0v) is 12.5. The van der Waals surface area contributed by atoms with E-state index in [1.165, 1.54) is 0 Å². The number of anilines is 1. The molecular weight excluding hydrogens is 280 g/mol. The van der Waals surface area contributed by atoms with Crippen molar-refractivity contribution in [2.45, 2.75) is 25.8 Å². The molecule has 116 valence electrons. The molecule has 0 amide bonds. The van der Waals surface area contributed by atoms with Crippen LogP contribution in [-0.4, -0.2) is 27.7 Å². The third-order valence-corrected chi connectivity index (χ3v) is 4.13. The lowest BCUT2D eigenvalue weighted by Gasteiger charge is -2.25. The number of hydrogen-bond donors (Lipinski definition) is 3. The molecule has 0 aliphatic carbocycles. The molecule has 3 rings (SSSR count). The fraction of sp³-hybridized carbons (Fsp3) is 0.375. The molecule has 0 spiro atoms. The molecule has 6 heteroatoms. The maximum absolute atomic E-state index is 12.3. The second-order valence-corrected chi connectivity index (χ2v) is 5.70. The molecular formula is C16H20N4O2. The molecule has 6 nitrogen and oxygen atoms in total. The van der Waals surface area contributed by atoms with Gasteiger partial charge in [0.25, 0.3) is 5.56 Å². The molecule has 1 aromatic carbocycles. The SMILES string of the molecule is Cc1cccc(-c2cn(C3CCCNC3)c(=O)c(N)n2)c1O. The van der Waals surface area contributed by atoms with E-state index < -0.39 is 0 Å². The average Bonchev–Trinajstić information content (AvgIpc) is 2.53. The highest BCUT2D eigenvalue weighted by Gasteiger charge is 2.19. The van der Waals surface area contributed by atoms with Crippen molar-refractivity contribution in [2.75, 3.05) is 18.8 Å². The number of nitrogens with two attached hydrogens (primary N) is 1. The van der Waals surface area contributed by atoms with Gasteiger partial charge in [0, 0.05) is 24.3 Å². The molecule has 22 heavy (non-hydrogen) atoms. The maximum Gasteiger partial charge on any atom is 0.293 e. The fourth-order valence-corrected chi connectivity index (χ4v) is 2.87. The van der Waals surface area contributed by atoms with Crippen LogP contribution in [0.5, 0.6) is 5.75 Å². The highest BCUT2D eigenvalue weighted by Crippen LogP contribution is 2.31. The Bertz CT molecular complexity index is 748. The topological polar surface area (TPSA) is 93.2 Å². The van der Waals surface area contributed by atoms with E-state index >= 15 is 0 Å². The minimum atomic E-state index is -0.274. The number of hydrogen-bond acceptors (Lipinski definition) is 5. The van der Waals surface area contributed by atoms with Gasteiger partial charge in [-0.25, -0.2) is 4.98 Å². The molecule has 1 atom stereocenters. The van der Waals surface area contributed by atoms with E-state index in [0.717, 1.165) is 31.5 Å². The predicted molar refractivity (Wildman–Crippen MR) is 85.9 cm³/mol. The van der Waals surface area contributed by atoms with Gasteiger partial charge >= 0.3 is 0 Å². The smallest absolute Gasteiger partial charge is 0.293 e. The predicted octanol–water partition coefficient (Wildman–Crippen LogP) is 1.43. The number of aryl methyl sites for hydroxylation is 1. The molecule has 0 radical (unpaired) electrons. The molecule has 1 aromatic heterocycles. The van der Waals surface area contributed by atoms with Crippen molar-refractivity contribution in [3.63, 3.8) is 0 Å². The number of benzene rings is 1. The summed E-state index contributed by atoms with van der Waals surface area (Å²) in [6, 6.07) is 5.51. The highest BCUT2D eigenvalue weighted by atomic mass is 16.3. The summed E-state index contributed by atoms with van der Waals surface area (Å²) in [6.07, 6.45) is 3.64. The number of nitrogen functional groups attached to an aromatic ring is 1. The number of aromatic hydroxyl groups is 1. The van der Waals surface area contributed by atoms with E-state index in [0.29, 0.717) is 11.3 Å². The van der Waals surface area contributed by atoms with E-state index in [-0.39, 0.29) is 23.2 Å². The van der Waals surface area contributed by atoms with Crippen LogP contribution in [0.2, 0.25) is 0 Å². The second kappa shape index (κ2) is 5.81. The largest absolute Gasteiger partial charge is 0.507 e. The van der Waals surface area contributed by atoms with Crippen LogP contribution in [0.15, 0.2) is 29.2 Å². The van der Waals surface area contributed by atoms with Crippen molar-refractivity contribution >= 4 is 5.82 Å². The zero-order valence-electron chi connectivity index (χ0n) is 12.5. The van der Waals surface area contributed by atoms with Crippen molar-refractivity contribution in [3.8, 4) is 17.0 Å². The molecule has 1 aliphatic heterocycles. The summed E-state index contributed by atoms with van der Waals surface area (Å²) in [5.74, 6) is 0.130. The lowest BCUT2D eigenvalue weighted by Crippen LogP contribution is -2.37. The third-order valence-electron chi connectivity index (χ3n) is 4.13. The molecule has 2 aromatic rings. The Kier molecular flexibility index (Phi) is 3.85. The standard InChI is InChI=1S/C16H20N4O2/c1-10-4-2-6-12(14(10)21)13-9-20(16(22)15(17)19-13)11-5-3-7-18-8-11/h2,4,6,9,11,18,21H,3,5,7-8H2,1H3,(H2,17,19). The minimum Gasteiger partial charge on any atom is -0.507 e. The second-order valence-electron chi connectivity index (χ2n) is 5.70. The highest BCUT2D eigenvalue weighted by molar-refractivity contribution is 5.68. The average molecular weight is 300 g/mol. The summed E-state index contributed by atoms with van der Waals surface area (Å²) in [7, 11) is 0. The lowest BCUT2D eigenvalue weighted by molar-refractivity contribution is 0.364. The lowest BCUT2D eigenvalue weighted by atomic mass is 10.1. The Labute approximate surface area is 128 Å². The zero-order chi connectivity index (χ0) is 15.7. The molecule has 1 unspecified atom stereocenters. The van der Waals surface area contributed by atoms with Gasteiger partial charge in [0.1, 0.15) is 5.75 Å². The number of aromatic nitrogens is 2. The molecule has 1 fully saturated rings. The van der Waals surface area contributed by atoms with Crippen LogP contribution in [0.25, 0.3) is 11.3 Å². The molecule has 1 saturated heterocycles. The quantitative estimate of drug-likeness (QED) is 0.780. The maximum atomic E-state index is 12.3. The van der Waals surface area contributed by atoms with Gasteiger partial charge in [0.15, 0.2) is 5.82 Å². The Balaban J connectivity index is 2.11. The van der Waals surface area contributed by atoms with Gasteiger partial charge in [-0.15, -0.1) is 0 Å². The first kappa shape index (κ1) is 14.6. The first-order chi connectivity index (χ1) is 10.6. The fourth-order valence-electron chi connectivity index (χ4n) is 2.87. The van der Waals surface area contributed by atoms with Crippen LogP contribution < -0.4 is 16.6 Å². The monoisotopic (exact) mass is 300 g/mol. The molecule has 2 heterocycles. The summed E-state index contributed by atoms with van der Waals surface area (Å²) >= 11 is 0. The van der Waals surface area contributed by atoms with Gasteiger partial charge in [-0.3, -0.25) is 4.79 Å². The van der Waals surface area contributed by atoms with Crippen molar-refractivity contribution in [3.05, 3.63) is 40.3 Å². The Morgan fingerprint density at radius 2 is 2.27 bits per heavy atom. The number of phenolic OH excluding ortho intramolecular Hbond substituents is 1. The molecule has 1 aliphatic rings. The van der Waals surface area contributed by atoms with Gasteiger partial charge in [-0.2, -0.15) is 0 Å². The number of phenols is 1. The number of nitrogens with zero attached hydrogens (tertiary/aromatic N) is 2. The van der Waals surface area contributed by atoms with Crippen LogP contribution in [-0.2, 0) is 0 Å². The van der Waals surface area contributed by atoms with E-state index in [1.807, 2.05) is 19.1 Å². The normalized spacial score (nSPS) is 18.3. The van der Waals surface area contributed by atoms with Crippen molar-refractivity contribution in [1.82, 2.24) is 14.9 Å². The summed E-state index contributed by atoms with van der Waals surface area (Å²) in [6.45, 7) is 3.53. The van der Waals surface area contributed by atoms with Crippen LogP contribution >= 0.6 is 0 Å². The van der Waals surface area contributed by atoms with Crippen LogP contribution in [0.3, 0.4) is 0 Å². The van der Waals surface area contributed by atoms with Gasteiger partial charge in [0.05, 0.1) is 5.69 Å². The summed E-state index contributed by atoms with van der Waals surface area (Å²) in [4.78, 5) is 16.5. The first-order valence-corrected chi connectivity index (χ1v) is 7.46. The van der Waals surface area contributed by atoms with Gasteiger partial charge in [-0.1, -0.05) is 12.1 Å². The van der Waals surface area contributed by atoms with Crippen LogP contribution in [0, 0.1) is 6.92 Å². The van der Waals surface area contributed by atoms with Crippen LogP contribution in [0.4, 0.5) is 5.82 Å². The van der Waals surface area contributed by atoms with Crippen molar-refractivity contribution in [1.29, 1.82) is 0 Å². The Morgan fingerprint density at radius 3 is 3.00 bits per heavy atom. The number of nitrogens with one attached hydrogen (secondary N) is 1. The molecule has 4 N–H and O–H groups in total. The van der Waals surface area contributed by atoms with Gasteiger partial charge < -0.3 is 20.7 Å². The van der Waals surface area contributed by atoms with Crippen LogP contribution in [0.1, 0.15) is 24.4 Å². The number of para-hydroxylation sites is 1. The Morgan fingerprint density at radius 1 is 1.45 bits per heavy atom. The summed E-state index contributed by atoms with van der Waals surface area (Å²) < 4.78 is 1.64. The summed E-state index contributed by atoms with van der Waals surface area (Å²) in [5, 5.41) is 13.5. The summed E-state index contributed by atoms with van der Waals surface area (Å²) in [5.41, 5.74) is 7.40. The Hall–Kier alpha value is -2.34. The number of rotatable bonds is 2. The van der Waals surface area contributed by atoms with Crippen molar-refractivity contribution < 1.29 is 5.11 Å². The van der Waals surface area contributed by atoms with E-state index in [9.17, 15) is 9.90 Å². The molecule has 0 bridgehead atoms. The first-order valence-electron chi connectivity index (χ1n) is 7.46. The van der Waals surface area contributed by atoms with Crippen molar-refractivity contribution in [2.24, 2.45) is 0 Å². The van der Waals surface area contributed by atoms with Gasteiger partial charge in [0.2, 0.25) is 0 Å². The minimum absolute atomic E-state index is 0.0380. The van der Waals surface area contributed by atoms with E-state index in [4.69, 9.17) is 5.73 Å². The van der Waals surface area contributed by atoms with E-state index in [2.05, 4.69) is 10.3 Å². The third kappa shape index (κ3) is 2.57. The number of piperidine rings is 1. The molecule has 0 saturated carbocycles.